The van der Waals surface area contributed by atoms with Gasteiger partial charge in [0, 0.05) is 5.69 Å². The number of aryl methyl sites for hydroxylation is 1. The molecule has 0 aliphatic heterocycles. The monoisotopic (exact) mass is 367 g/mol. The van der Waals surface area contributed by atoms with E-state index in [0.717, 1.165) is 5.56 Å². The second kappa shape index (κ2) is 8.49. The number of aliphatic hydroxyl groups is 1. The van der Waals surface area contributed by atoms with E-state index < -0.39 is 11.5 Å². The number of hydrogen-bond donors (Lipinski definition) is 2. The number of halogens is 1. The fraction of sp³-hybridized carbons (Fsp3) is 0.250. The van der Waals surface area contributed by atoms with Gasteiger partial charge in [-0.1, -0.05) is 23.7 Å². The SMILES string of the molecule is C[C@@](O)(CCCc1ccc(C#N)cc1)C(=O)Nc1ccc(C#N)c(Cl)c1. The summed E-state index contributed by atoms with van der Waals surface area (Å²) < 4.78 is 0. The molecule has 0 radical (unpaired) electrons. The Labute approximate surface area is 157 Å². The Balaban J connectivity index is 1.91. The first-order valence-corrected chi connectivity index (χ1v) is 8.46. The highest BCUT2D eigenvalue weighted by Crippen LogP contribution is 2.22. The Hall–Kier alpha value is -2.86. The zero-order valence-corrected chi connectivity index (χ0v) is 15.0. The van der Waals surface area contributed by atoms with E-state index in [1.165, 1.54) is 19.1 Å². The molecule has 0 saturated carbocycles. The maximum Gasteiger partial charge on any atom is 0.256 e. The Kier molecular flexibility index (Phi) is 6.36. The minimum Gasteiger partial charge on any atom is -0.380 e. The third-order valence-electron chi connectivity index (χ3n) is 4.05. The lowest BCUT2D eigenvalue weighted by molar-refractivity contribution is -0.133. The average molecular weight is 368 g/mol. The van der Waals surface area contributed by atoms with Gasteiger partial charge in [0.05, 0.1) is 22.2 Å². The maximum absolute atomic E-state index is 12.3. The molecule has 26 heavy (non-hydrogen) atoms. The van der Waals surface area contributed by atoms with Gasteiger partial charge in [0.2, 0.25) is 0 Å². The zero-order valence-electron chi connectivity index (χ0n) is 14.3. The molecule has 2 rings (SSSR count). The molecule has 0 bridgehead atoms. The van der Waals surface area contributed by atoms with Crippen molar-refractivity contribution in [1.82, 2.24) is 0 Å². The molecule has 0 aliphatic carbocycles. The van der Waals surface area contributed by atoms with Crippen LogP contribution in [0.2, 0.25) is 5.02 Å². The molecule has 0 unspecified atom stereocenters. The number of anilines is 1. The molecular weight excluding hydrogens is 350 g/mol. The summed E-state index contributed by atoms with van der Waals surface area (Å²) in [5.74, 6) is -0.530. The fourth-order valence-corrected chi connectivity index (χ4v) is 2.67. The van der Waals surface area contributed by atoms with Crippen LogP contribution in [0.25, 0.3) is 0 Å². The summed E-state index contributed by atoms with van der Waals surface area (Å²) in [6.45, 7) is 1.46. The smallest absolute Gasteiger partial charge is 0.256 e. The molecule has 6 heteroatoms. The molecule has 0 aromatic heterocycles. The number of carbonyl (C=O) groups is 1. The van der Waals surface area contributed by atoms with Crippen LogP contribution in [-0.2, 0) is 11.2 Å². The first-order chi connectivity index (χ1) is 12.4. The molecule has 5 nitrogen and oxygen atoms in total. The van der Waals surface area contributed by atoms with Crippen molar-refractivity contribution in [1.29, 1.82) is 10.5 Å². The van der Waals surface area contributed by atoms with Crippen molar-refractivity contribution in [2.45, 2.75) is 31.8 Å². The minimum atomic E-state index is -1.53. The van der Waals surface area contributed by atoms with Gasteiger partial charge >= 0.3 is 0 Å². The quantitative estimate of drug-likeness (QED) is 0.811. The van der Waals surface area contributed by atoms with Gasteiger partial charge < -0.3 is 10.4 Å². The molecule has 1 atom stereocenters. The van der Waals surface area contributed by atoms with Gasteiger partial charge in [-0.3, -0.25) is 4.79 Å². The number of benzene rings is 2. The largest absolute Gasteiger partial charge is 0.380 e. The first-order valence-electron chi connectivity index (χ1n) is 8.08. The van der Waals surface area contributed by atoms with Crippen molar-refractivity contribution >= 4 is 23.2 Å². The summed E-state index contributed by atoms with van der Waals surface area (Å²) in [6, 6.07) is 15.8. The van der Waals surface area contributed by atoms with Gasteiger partial charge in [-0.15, -0.1) is 0 Å². The predicted octanol–water partition coefficient (Wildman–Crippen LogP) is 3.80. The van der Waals surface area contributed by atoms with Gasteiger partial charge in [0.15, 0.2) is 0 Å². The van der Waals surface area contributed by atoms with Crippen molar-refractivity contribution in [2.24, 2.45) is 0 Å². The van der Waals surface area contributed by atoms with Crippen LogP contribution in [0.3, 0.4) is 0 Å². The van der Waals surface area contributed by atoms with Crippen molar-refractivity contribution < 1.29 is 9.90 Å². The third kappa shape index (κ3) is 5.07. The molecule has 132 valence electrons. The topological polar surface area (TPSA) is 96.9 Å². The lowest BCUT2D eigenvalue weighted by atomic mass is 9.95. The van der Waals surface area contributed by atoms with Crippen LogP contribution >= 0.6 is 11.6 Å². The molecule has 1 amide bonds. The van der Waals surface area contributed by atoms with Gasteiger partial charge in [-0.2, -0.15) is 10.5 Å². The number of nitrogens with one attached hydrogen (secondary N) is 1. The van der Waals surface area contributed by atoms with Crippen LogP contribution in [0.15, 0.2) is 42.5 Å². The second-order valence-corrected chi connectivity index (χ2v) is 6.60. The third-order valence-corrected chi connectivity index (χ3v) is 4.36. The number of amides is 1. The first kappa shape index (κ1) is 19.5. The van der Waals surface area contributed by atoms with E-state index in [2.05, 4.69) is 11.4 Å². The van der Waals surface area contributed by atoms with E-state index in [-0.39, 0.29) is 11.4 Å². The molecule has 2 aromatic carbocycles. The minimum absolute atomic E-state index is 0.241. The molecular formula is C20H18ClN3O2. The normalized spacial score (nSPS) is 12.5. The summed E-state index contributed by atoms with van der Waals surface area (Å²) in [5.41, 5.74) is 0.845. The Bertz CT molecular complexity index is 877. The van der Waals surface area contributed by atoms with Crippen molar-refractivity contribution in [2.75, 3.05) is 5.32 Å². The molecule has 0 heterocycles. The van der Waals surface area contributed by atoms with Crippen LogP contribution in [-0.4, -0.2) is 16.6 Å². The van der Waals surface area contributed by atoms with E-state index in [1.807, 2.05) is 18.2 Å². The molecule has 2 aromatic rings. The van der Waals surface area contributed by atoms with E-state index in [9.17, 15) is 9.90 Å². The number of rotatable bonds is 6. The summed E-state index contributed by atoms with van der Waals surface area (Å²) in [5, 5.41) is 30.9. The van der Waals surface area contributed by atoms with Gasteiger partial charge in [-0.05, 0) is 62.1 Å². The second-order valence-electron chi connectivity index (χ2n) is 6.20. The Morgan fingerprint density at radius 2 is 1.88 bits per heavy atom. The molecule has 0 aliphatic rings. The highest BCUT2D eigenvalue weighted by atomic mass is 35.5. The number of carbonyl (C=O) groups excluding carboxylic acids is 1. The van der Waals surface area contributed by atoms with Gasteiger partial charge in [0.25, 0.3) is 5.91 Å². The van der Waals surface area contributed by atoms with E-state index in [0.29, 0.717) is 29.7 Å². The number of hydrogen-bond acceptors (Lipinski definition) is 4. The van der Waals surface area contributed by atoms with Crippen LogP contribution in [0.4, 0.5) is 5.69 Å². The van der Waals surface area contributed by atoms with Gasteiger partial charge in [0.1, 0.15) is 11.7 Å². The molecule has 0 spiro atoms. The van der Waals surface area contributed by atoms with Gasteiger partial charge in [-0.25, -0.2) is 0 Å². The van der Waals surface area contributed by atoms with E-state index >= 15 is 0 Å². The van der Waals surface area contributed by atoms with Crippen LogP contribution < -0.4 is 5.32 Å². The highest BCUT2D eigenvalue weighted by Gasteiger charge is 2.29. The Morgan fingerprint density at radius 3 is 2.46 bits per heavy atom. The van der Waals surface area contributed by atoms with Crippen molar-refractivity contribution in [3.63, 3.8) is 0 Å². The maximum atomic E-state index is 12.3. The number of nitrogens with zero attached hydrogens (tertiary/aromatic N) is 2. The standard InChI is InChI=1S/C20H18ClN3O2/c1-20(26,10-2-3-14-4-6-15(12-22)7-5-14)19(25)24-17-9-8-16(13-23)18(21)11-17/h4-9,11,26H,2-3,10H2,1H3,(H,24,25)/t20-/m1/s1. The summed E-state index contributed by atoms with van der Waals surface area (Å²) in [6.07, 6.45) is 1.58. The van der Waals surface area contributed by atoms with Crippen molar-refractivity contribution in [3.8, 4) is 12.1 Å². The Morgan fingerprint density at radius 1 is 1.19 bits per heavy atom. The van der Waals surface area contributed by atoms with E-state index in [1.54, 1.807) is 18.2 Å². The molecule has 0 fully saturated rings. The van der Waals surface area contributed by atoms with Crippen LogP contribution in [0.1, 0.15) is 36.5 Å². The molecule has 2 N–H and O–H groups in total. The lowest BCUT2D eigenvalue weighted by Crippen LogP contribution is -2.40. The van der Waals surface area contributed by atoms with E-state index in [4.69, 9.17) is 22.1 Å². The van der Waals surface area contributed by atoms with Crippen LogP contribution in [0, 0.1) is 22.7 Å². The summed E-state index contributed by atoms with van der Waals surface area (Å²) >= 11 is 5.94. The average Bonchev–Trinajstić information content (AvgIpc) is 2.62. The molecule has 0 saturated heterocycles. The summed E-state index contributed by atoms with van der Waals surface area (Å²) in [7, 11) is 0. The van der Waals surface area contributed by atoms with Crippen LogP contribution in [0.5, 0.6) is 0 Å². The highest BCUT2D eigenvalue weighted by molar-refractivity contribution is 6.32. The summed E-state index contributed by atoms with van der Waals surface area (Å²) in [4.78, 5) is 12.3. The number of nitriles is 2. The predicted molar refractivity (Wildman–Crippen MR) is 99.5 cm³/mol. The lowest BCUT2D eigenvalue weighted by Gasteiger charge is -2.22. The zero-order chi connectivity index (χ0) is 19.2. The van der Waals surface area contributed by atoms with Crippen molar-refractivity contribution in [3.05, 3.63) is 64.2 Å². The fourth-order valence-electron chi connectivity index (χ4n) is 2.45.